The van der Waals surface area contributed by atoms with E-state index < -0.39 is 11.9 Å². The van der Waals surface area contributed by atoms with Crippen LogP contribution in [0.5, 0.6) is 0 Å². The summed E-state index contributed by atoms with van der Waals surface area (Å²) in [6.07, 6.45) is -2.35. The molecule has 0 saturated heterocycles. The summed E-state index contributed by atoms with van der Waals surface area (Å²) in [5.74, 6) is 0. The van der Waals surface area contributed by atoms with Crippen LogP contribution in [0.4, 0.5) is 13.2 Å². The molecule has 0 unspecified atom stereocenters. The van der Waals surface area contributed by atoms with Crippen LogP contribution in [0.3, 0.4) is 0 Å². The zero-order valence-electron chi connectivity index (χ0n) is 5.08. The second-order valence-electron chi connectivity index (χ2n) is 1.82. The number of aromatic nitrogens is 2. The van der Waals surface area contributed by atoms with Crippen LogP contribution in [0, 0.1) is 13.3 Å². The minimum Gasteiger partial charge on any atom is -0.339 e. The number of aromatic amines is 1. The van der Waals surface area contributed by atoms with E-state index in [0.29, 0.717) is 0 Å². The maximum Gasteiger partial charge on any atom is 0.435 e. The summed E-state index contributed by atoms with van der Waals surface area (Å²) >= 11 is 0. The number of imidazole rings is 1. The molecule has 1 N–H and O–H groups in total. The minimum atomic E-state index is -4.36. The van der Waals surface area contributed by atoms with E-state index in [1.54, 1.807) is 0 Å². The molecule has 0 saturated carbocycles. The van der Waals surface area contributed by atoms with Gasteiger partial charge >= 0.3 is 6.18 Å². The zero-order valence-corrected chi connectivity index (χ0v) is 5.08. The molecule has 55 valence electrons. The van der Waals surface area contributed by atoms with Crippen molar-refractivity contribution in [3.8, 4) is 0 Å². The molecule has 1 rings (SSSR count). The van der Waals surface area contributed by atoms with Crippen LogP contribution in [-0.4, -0.2) is 9.97 Å². The Balaban J connectivity index is 3.05. The summed E-state index contributed by atoms with van der Waals surface area (Å²) in [4.78, 5) is 5.20. The highest BCUT2D eigenvalue weighted by molar-refractivity contribution is 5.11. The Morgan fingerprint density at radius 2 is 2.10 bits per heavy atom. The van der Waals surface area contributed by atoms with E-state index >= 15 is 0 Å². The number of aryl methyl sites for hydroxylation is 1. The van der Waals surface area contributed by atoms with Gasteiger partial charge in [0.2, 0.25) is 0 Å². The number of H-pyrrole nitrogens is 1. The van der Waals surface area contributed by atoms with Crippen LogP contribution in [0.15, 0.2) is 0 Å². The van der Waals surface area contributed by atoms with Gasteiger partial charge in [-0.1, -0.05) is 0 Å². The van der Waals surface area contributed by atoms with Crippen LogP contribution in [0.2, 0.25) is 0 Å². The first-order valence-electron chi connectivity index (χ1n) is 2.51. The van der Waals surface area contributed by atoms with E-state index in [2.05, 4.69) is 9.97 Å². The van der Waals surface area contributed by atoms with E-state index in [4.69, 9.17) is 0 Å². The van der Waals surface area contributed by atoms with Crippen molar-refractivity contribution in [2.45, 2.75) is 13.1 Å². The van der Waals surface area contributed by atoms with Gasteiger partial charge in [-0.25, -0.2) is 4.98 Å². The third-order valence-corrected chi connectivity index (χ3v) is 1.03. The van der Waals surface area contributed by atoms with Crippen LogP contribution in [-0.2, 0) is 6.18 Å². The minimum absolute atomic E-state index is 0.00694. The molecule has 0 fully saturated rings. The second-order valence-corrected chi connectivity index (χ2v) is 1.82. The van der Waals surface area contributed by atoms with Crippen molar-refractivity contribution in [3.05, 3.63) is 17.7 Å². The van der Waals surface area contributed by atoms with Gasteiger partial charge in [-0.15, -0.1) is 0 Å². The first-order chi connectivity index (χ1) is 4.52. The van der Waals surface area contributed by atoms with Gasteiger partial charge in [0.25, 0.3) is 0 Å². The highest BCUT2D eigenvalue weighted by Crippen LogP contribution is 2.28. The smallest absolute Gasteiger partial charge is 0.339 e. The van der Waals surface area contributed by atoms with Gasteiger partial charge in [-0.2, -0.15) is 13.2 Å². The van der Waals surface area contributed by atoms with Gasteiger partial charge in [0.1, 0.15) is 0 Å². The Morgan fingerprint density at radius 3 is 2.30 bits per heavy atom. The predicted octanol–water partition coefficient (Wildman–Crippen LogP) is 1.54. The first kappa shape index (κ1) is 7.11. The van der Waals surface area contributed by atoms with Crippen molar-refractivity contribution in [2.24, 2.45) is 0 Å². The second kappa shape index (κ2) is 2.00. The molecule has 1 aromatic rings. The number of alkyl halides is 3. The van der Waals surface area contributed by atoms with Crippen LogP contribution < -0.4 is 0 Å². The molecule has 0 bridgehead atoms. The first-order valence-corrected chi connectivity index (χ1v) is 2.51. The van der Waals surface area contributed by atoms with Crippen LogP contribution in [0.25, 0.3) is 0 Å². The average molecular weight is 149 g/mol. The standard InChI is InChI=1S/C5H4F3N2/c1-3-4(5(6,7)8)10-2-9-3/h1H3,(H,9,10). The number of halogens is 3. The molecule has 1 radical (unpaired) electrons. The molecule has 10 heavy (non-hydrogen) atoms. The zero-order chi connectivity index (χ0) is 7.78. The summed E-state index contributed by atoms with van der Waals surface area (Å²) in [5, 5.41) is 0. The van der Waals surface area contributed by atoms with Gasteiger partial charge in [0.15, 0.2) is 12.0 Å². The lowest BCUT2D eigenvalue weighted by molar-refractivity contribution is -0.141. The summed E-state index contributed by atoms with van der Waals surface area (Å²) in [7, 11) is 0. The quantitative estimate of drug-likeness (QED) is 0.595. The molecule has 0 spiro atoms. The highest BCUT2D eigenvalue weighted by Gasteiger charge is 2.34. The fourth-order valence-corrected chi connectivity index (χ4v) is 0.587. The summed E-state index contributed by atoms with van der Waals surface area (Å²) in [6, 6.07) is 0. The monoisotopic (exact) mass is 149 g/mol. The number of nitrogens with zero attached hydrogens (tertiary/aromatic N) is 1. The average Bonchev–Trinajstić information content (AvgIpc) is 2.11. The maximum atomic E-state index is 11.8. The Kier molecular flexibility index (Phi) is 1.42. The van der Waals surface area contributed by atoms with Gasteiger partial charge < -0.3 is 4.98 Å². The fraction of sp³-hybridized carbons (Fsp3) is 0.400. The normalized spacial score (nSPS) is 12.0. The van der Waals surface area contributed by atoms with Crippen LogP contribution in [0.1, 0.15) is 11.4 Å². The van der Waals surface area contributed by atoms with Gasteiger partial charge in [0, 0.05) is 5.69 Å². The Hall–Kier alpha value is -1.00. The van der Waals surface area contributed by atoms with Crippen LogP contribution >= 0.6 is 0 Å². The molecule has 0 aromatic carbocycles. The number of rotatable bonds is 0. The SMILES string of the molecule is Cc1[nH][c]nc1C(F)(F)F. The molecule has 0 aliphatic carbocycles. The lowest BCUT2D eigenvalue weighted by Gasteiger charge is -2.01. The third kappa shape index (κ3) is 1.12. The van der Waals surface area contributed by atoms with Crippen molar-refractivity contribution in [1.29, 1.82) is 0 Å². The van der Waals surface area contributed by atoms with Gasteiger partial charge in [-0.3, -0.25) is 0 Å². The Bertz CT molecular complexity index is 225. The maximum absolute atomic E-state index is 11.8. The van der Waals surface area contributed by atoms with E-state index in [1.165, 1.54) is 6.92 Å². The van der Waals surface area contributed by atoms with Gasteiger partial charge in [0.05, 0.1) is 0 Å². The Morgan fingerprint density at radius 1 is 1.50 bits per heavy atom. The molecule has 0 aliphatic heterocycles. The molecule has 0 amide bonds. The number of hydrogen-bond donors (Lipinski definition) is 1. The largest absolute Gasteiger partial charge is 0.435 e. The number of hydrogen-bond acceptors (Lipinski definition) is 1. The Labute approximate surface area is 55.1 Å². The third-order valence-electron chi connectivity index (χ3n) is 1.03. The van der Waals surface area contributed by atoms with Crippen molar-refractivity contribution in [2.75, 3.05) is 0 Å². The molecule has 0 aliphatic rings. The van der Waals surface area contributed by atoms with E-state index in [-0.39, 0.29) is 5.69 Å². The summed E-state index contributed by atoms with van der Waals surface area (Å²) < 4.78 is 35.3. The molecular formula is C5H4F3N2. The molecular weight excluding hydrogens is 145 g/mol. The molecule has 5 heteroatoms. The lowest BCUT2D eigenvalue weighted by atomic mass is 10.3. The van der Waals surface area contributed by atoms with Gasteiger partial charge in [-0.05, 0) is 6.92 Å². The van der Waals surface area contributed by atoms with Crippen molar-refractivity contribution >= 4 is 0 Å². The predicted molar refractivity (Wildman–Crippen MR) is 27.2 cm³/mol. The summed E-state index contributed by atoms with van der Waals surface area (Å²) in [6.45, 7) is 1.30. The molecule has 2 nitrogen and oxygen atoms in total. The molecule has 1 aromatic heterocycles. The lowest BCUT2D eigenvalue weighted by Crippen LogP contribution is -2.07. The molecule has 0 atom stereocenters. The van der Waals surface area contributed by atoms with E-state index in [0.717, 1.165) is 0 Å². The van der Waals surface area contributed by atoms with E-state index in [9.17, 15) is 13.2 Å². The molecule has 1 heterocycles. The topological polar surface area (TPSA) is 28.7 Å². The van der Waals surface area contributed by atoms with Crippen molar-refractivity contribution in [1.82, 2.24) is 9.97 Å². The number of nitrogens with one attached hydrogen (secondary N) is 1. The highest BCUT2D eigenvalue weighted by atomic mass is 19.4. The van der Waals surface area contributed by atoms with E-state index in [1.807, 2.05) is 6.33 Å². The van der Waals surface area contributed by atoms with Crippen molar-refractivity contribution in [3.63, 3.8) is 0 Å². The summed E-state index contributed by atoms with van der Waals surface area (Å²) in [5.41, 5.74) is -0.903. The van der Waals surface area contributed by atoms with Crippen molar-refractivity contribution < 1.29 is 13.2 Å². The fourth-order valence-electron chi connectivity index (χ4n) is 0.587.